The summed E-state index contributed by atoms with van der Waals surface area (Å²) >= 11 is 0. The Labute approximate surface area is 124 Å². The average molecular weight is 277 g/mol. The van der Waals surface area contributed by atoms with Crippen molar-refractivity contribution in [1.82, 2.24) is 5.32 Å². The van der Waals surface area contributed by atoms with E-state index in [0.29, 0.717) is 12.0 Å². The summed E-state index contributed by atoms with van der Waals surface area (Å²) in [4.78, 5) is 0. The van der Waals surface area contributed by atoms with Gasteiger partial charge < -0.3 is 10.1 Å². The van der Waals surface area contributed by atoms with E-state index in [9.17, 15) is 0 Å². The van der Waals surface area contributed by atoms with E-state index in [4.69, 9.17) is 4.74 Å². The second kappa shape index (κ2) is 8.31. The van der Waals surface area contributed by atoms with Crippen LogP contribution in [-0.2, 0) is 0 Å². The first-order valence-corrected chi connectivity index (χ1v) is 7.94. The van der Waals surface area contributed by atoms with Gasteiger partial charge >= 0.3 is 0 Å². The molecule has 2 atom stereocenters. The van der Waals surface area contributed by atoms with Crippen molar-refractivity contribution in [2.45, 2.75) is 72.4 Å². The quantitative estimate of drug-likeness (QED) is 0.746. The van der Waals surface area contributed by atoms with E-state index in [1.165, 1.54) is 17.5 Å². The number of ether oxygens (including phenoxy) is 1. The lowest BCUT2D eigenvalue weighted by Gasteiger charge is -2.21. The van der Waals surface area contributed by atoms with Crippen molar-refractivity contribution >= 4 is 0 Å². The van der Waals surface area contributed by atoms with E-state index in [2.05, 4.69) is 65.1 Å². The Bertz CT molecular complexity index is 400. The van der Waals surface area contributed by atoms with Crippen LogP contribution < -0.4 is 10.1 Å². The number of nitrogens with one attached hydrogen (secondary N) is 1. The molecule has 20 heavy (non-hydrogen) atoms. The molecule has 0 fully saturated rings. The molecule has 1 N–H and O–H groups in total. The van der Waals surface area contributed by atoms with Crippen molar-refractivity contribution in [2.24, 2.45) is 0 Å². The van der Waals surface area contributed by atoms with Crippen molar-refractivity contribution in [1.29, 1.82) is 0 Å². The lowest BCUT2D eigenvalue weighted by molar-refractivity contribution is 0.194. The van der Waals surface area contributed by atoms with Gasteiger partial charge in [0.2, 0.25) is 0 Å². The summed E-state index contributed by atoms with van der Waals surface area (Å²) in [7, 11) is 0. The van der Waals surface area contributed by atoms with Crippen molar-refractivity contribution < 1.29 is 4.74 Å². The second-order valence-electron chi connectivity index (χ2n) is 6.20. The minimum atomic E-state index is 0.232. The summed E-state index contributed by atoms with van der Waals surface area (Å²) in [5.41, 5.74) is 2.56. The van der Waals surface area contributed by atoms with E-state index in [-0.39, 0.29) is 6.10 Å². The summed E-state index contributed by atoms with van der Waals surface area (Å²) in [6.45, 7) is 14.2. The minimum absolute atomic E-state index is 0.232. The fourth-order valence-electron chi connectivity index (χ4n) is 2.34. The molecule has 0 aliphatic carbocycles. The largest absolute Gasteiger partial charge is 0.490 e. The average Bonchev–Trinajstić information content (AvgIpc) is 2.38. The van der Waals surface area contributed by atoms with Crippen LogP contribution in [0, 0.1) is 6.92 Å². The number of aryl methyl sites for hydroxylation is 1. The normalized spacial score (nSPS) is 14.3. The van der Waals surface area contributed by atoms with Crippen LogP contribution in [0.5, 0.6) is 5.75 Å². The molecular weight excluding hydrogens is 246 g/mol. The highest BCUT2D eigenvalue weighted by Gasteiger charge is 2.12. The molecule has 0 saturated heterocycles. The van der Waals surface area contributed by atoms with Crippen LogP contribution in [0.1, 0.15) is 64.5 Å². The molecule has 0 radical (unpaired) electrons. The maximum atomic E-state index is 6.15. The van der Waals surface area contributed by atoms with E-state index >= 15 is 0 Å². The Hall–Kier alpha value is -1.02. The topological polar surface area (TPSA) is 21.3 Å². The zero-order chi connectivity index (χ0) is 15.1. The SMILES string of the molecule is CCCNC(C)CC(C)Oc1cc(C(C)C)ccc1C. The summed E-state index contributed by atoms with van der Waals surface area (Å²) in [5.74, 6) is 1.57. The molecule has 0 heterocycles. The molecule has 0 aliphatic rings. The van der Waals surface area contributed by atoms with Crippen LogP contribution in [0.25, 0.3) is 0 Å². The first-order chi connectivity index (χ1) is 9.43. The molecule has 0 bridgehead atoms. The molecule has 2 heteroatoms. The number of benzene rings is 1. The van der Waals surface area contributed by atoms with Gasteiger partial charge in [-0.1, -0.05) is 32.9 Å². The van der Waals surface area contributed by atoms with Crippen molar-refractivity contribution in [3.63, 3.8) is 0 Å². The molecule has 1 aromatic carbocycles. The zero-order valence-corrected chi connectivity index (χ0v) is 14.0. The molecule has 2 nitrogen and oxygen atoms in total. The van der Waals surface area contributed by atoms with Crippen LogP contribution in [0.15, 0.2) is 18.2 Å². The fraction of sp³-hybridized carbons (Fsp3) is 0.667. The summed E-state index contributed by atoms with van der Waals surface area (Å²) in [6.07, 6.45) is 2.44. The van der Waals surface area contributed by atoms with E-state index in [1.54, 1.807) is 0 Å². The molecule has 0 spiro atoms. The molecule has 0 amide bonds. The highest BCUT2D eigenvalue weighted by atomic mass is 16.5. The van der Waals surface area contributed by atoms with Gasteiger partial charge in [-0.3, -0.25) is 0 Å². The van der Waals surface area contributed by atoms with Crippen LogP contribution in [0.2, 0.25) is 0 Å². The van der Waals surface area contributed by atoms with Gasteiger partial charge in [0, 0.05) is 6.04 Å². The third kappa shape index (κ3) is 5.54. The minimum Gasteiger partial charge on any atom is -0.490 e. The zero-order valence-electron chi connectivity index (χ0n) is 14.0. The first kappa shape index (κ1) is 17.0. The van der Waals surface area contributed by atoms with E-state index in [1.807, 2.05) is 0 Å². The van der Waals surface area contributed by atoms with Gasteiger partial charge in [0.05, 0.1) is 6.10 Å². The molecule has 114 valence electrons. The van der Waals surface area contributed by atoms with Gasteiger partial charge in [0.25, 0.3) is 0 Å². The molecular formula is C18H31NO. The predicted molar refractivity (Wildman–Crippen MR) is 87.7 cm³/mol. The number of hydrogen-bond donors (Lipinski definition) is 1. The molecule has 1 aromatic rings. The second-order valence-corrected chi connectivity index (χ2v) is 6.20. The maximum Gasteiger partial charge on any atom is 0.122 e. The third-order valence-corrected chi connectivity index (χ3v) is 3.64. The third-order valence-electron chi connectivity index (χ3n) is 3.64. The van der Waals surface area contributed by atoms with Crippen LogP contribution in [0.3, 0.4) is 0 Å². The van der Waals surface area contributed by atoms with E-state index < -0.39 is 0 Å². The van der Waals surface area contributed by atoms with Gasteiger partial charge in [-0.05, 0) is 63.3 Å². The molecule has 0 aliphatic heterocycles. The summed E-state index contributed by atoms with van der Waals surface area (Å²) in [6, 6.07) is 7.05. The fourth-order valence-corrected chi connectivity index (χ4v) is 2.34. The number of hydrogen-bond acceptors (Lipinski definition) is 2. The molecule has 0 saturated carbocycles. The summed E-state index contributed by atoms with van der Waals surface area (Å²) < 4.78 is 6.15. The predicted octanol–water partition coefficient (Wildman–Crippen LogP) is 4.66. The Balaban J connectivity index is 2.60. The van der Waals surface area contributed by atoms with Crippen LogP contribution >= 0.6 is 0 Å². The lowest BCUT2D eigenvalue weighted by Crippen LogP contribution is -2.31. The molecule has 0 aromatic heterocycles. The summed E-state index contributed by atoms with van der Waals surface area (Å²) in [5, 5.41) is 3.51. The van der Waals surface area contributed by atoms with Crippen molar-refractivity contribution in [2.75, 3.05) is 6.54 Å². The molecule has 1 rings (SSSR count). The number of rotatable bonds is 8. The first-order valence-electron chi connectivity index (χ1n) is 7.94. The highest BCUT2D eigenvalue weighted by Crippen LogP contribution is 2.25. The lowest BCUT2D eigenvalue weighted by atomic mass is 10.0. The van der Waals surface area contributed by atoms with Crippen LogP contribution in [-0.4, -0.2) is 18.7 Å². The van der Waals surface area contributed by atoms with Gasteiger partial charge in [0.15, 0.2) is 0 Å². The smallest absolute Gasteiger partial charge is 0.122 e. The van der Waals surface area contributed by atoms with Gasteiger partial charge in [-0.2, -0.15) is 0 Å². The molecule has 2 unspecified atom stereocenters. The van der Waals surface area contributed by atoms with Crippen molar-refractivity contribution in [3.8, 4) is 5.75 Å². The van der Waals surface area contributed by atoms with Gasteiger partial charge in [0.1, 0.15) is 5.75 Å². The van der Waals surface area contributed by atoms with Gasteiger partial charge in [-0.25, -0.2) is 0 Å². The van der Waals surface area contributed by atoms with Crippen LogP contribution in [0.4, 0.5) is 0 Å². The standard InChI is InChI=1S/C18H31NO/c1-7-10-19-15(5)11-16(6)20-18-12-17(13(2)3)9-8-14(18)4/h8-9,12-13,15-16,19H,7,10-11H2,1-6H3. The Morgan fingerprint density at radius 2 is 1.85 bits per heavy atom. The highest BCUT2D eigenvalue weighted by molar-refractivity contribution is 5.37. The Morgan fingerprint density at radius 1 is 1.15 bits per heavy atom. The van der Waals surface area contributed by atoms with Gasteiger partial charge in [-0.15, -0.1) is 0 Å². The Morgan fingerprint density at radius 3 is 2.45 bits per heavy atom. The maximum absolute atomic E-state index is 6.15. The monoisotopic (exact) mass is 277 g/mol. The Kier molecular flexibility index (Phi) is 7.08. The van der Waals surface area contributed by atoms with E-state index in [0.717, 1.165) is 18.7 Å². The van der Waals surface area contributed by atoms with Crippen molar-refractivity contribution in [3.05, 3.63) is 29.3 Å².